The molecule has 2 heteroatoms. The Bertz CT molecular complexity index is 179. The third-order valence-corrected chi connectivity index (χ3v) is 4.37. The van der Waals surface area contributed by atoms with E-state index in [-0.39, 0.29) is 0 Å². The third kappa shape index (κ3) is 2.64. The van der Waals surface area contributed by atoms with Gasteiger partial charge in [0.1, 0.15) is 0 Å². The summed E-state index contributed by atoms with van der Waals surface area (Å²) in [5, 5.41) is 0.447. The van der Waals surface area contributed by atoms with Gasteiger partial charge in [-0.05, 0) is 44.2 Å². The molecule has 1 aliphatic heterocycles. The molecule has 0 aromatic rings. The fourth-order valence-corrected chi connectivity index (χ4v) is 3.18. The van der Waals surface area contributed by atoms with Gasteiger partial charge in [-0.25, -0.2) is 0 Å². The minimum absolute atomic E-state index is 0.447. The SMILES string of the molecule is CC1(CN2CCC(Cl)CC2)CCCC1. The first-order valence-electron chi connectivity index (χ1n) is 6.04. The zero-order chi connectivity index (χ0) is 10.0. The molecule has 1 saturated heterocycles. The van der Waals surface area contributed by atoms with Crippen LogP contribution in [-0.2, 0) is 0 Å². The summed E-state index contributed by atoms with van der Waals surface area (Å²) in [5.41, 5.74) is 0.624. The summed E-state index contributed by atoms with van der Waals surface area (Å²) in [7, 11) is 0. The number of likely N-dealkylation sites (tertiary alicyclic amines) is 1. The Morgan fingerprint density at radius 1 is 1.21 bits per heavy atom. The van der Waals surface area contributed by atoms with Crippen molar-refractivity contribution in [3.63, 3.8) is 0 Å². The van der Waals surface area contributed by atoms with Gasteiger partial charge in [0.15, 0.2) is 0 Å². The van der Waals surface area contributed by atoms with Crippen LogP contribution >= 0.6 is 11.6 Å². The molecule has 2 rings (SSSR count). The van der Waals surface area contributed by atoms with Crippen LogP contribution < -0.4 is 0 Å². The Hall–Kier alpha value is 0.250. The number of halogens is 1. The van der Waals surface area contributed by atoms with E-state index in [0.717, 1.165) is 0 Å². The fraction of sp³-hybridized carbons (Fsp3) is 1.00. The van der Waals surface area contributed by atoms with E-state index in [1.807, 2.05) is 0 Å². The van der Waals surface area contributed by atoms with Gasteiger partial charge in [0.2, 0.25) is 0 Å². The van der Waals surface area contributed by atoms with Crippen molar-refractivity contribution >= 4 is 11.6 Å². The maximum atomic E-state index is 6.11. The van der Waals surface area contributed by atoms with Gasteiger partial charge in [0.25, 0.3) is 0 Å². The van der Waals surface area contributed by atoms with Crippen LogP contribution in [-0.4, -0.2) is 29.9 Å². The van der Waals surface area contributed by atoms with Crippen LogP contribution in [0.2, 0.25) is 0 Å². The molecule has 0 bridgehead atoms. The van der Waals surface area contributed by atoms with Crippen molar-refractivity contribution in [1.82, 2.24) is 4.90 Å². The third-order valence-electron chi connectivity index (χ3n) is 3.93. The first-order chi connectivity index (χ1) is 6.68. The molecule has 0 aromatic heterocycles. The van der Waals surface area contributed by atoms with Crippen LogP contribution in [0.4, 0.5) is 0 Å². The highest BCUT2D eigenvalue weighted by Gasteiger charge is 2.31. The van der Waals surface area contributed by atoms with Crippen LogP contribution in [0.15, 0.2) is 0 Å². The van der Waals surface area contributed by atoms with E-state index in [1.165, 1.54) is 58.2 Å². The predicted octanol–water partition coefficient (Wildman–Crippen LogP) is 3.27. The molecular weight excluding hydrogens is 194 g/mol. The Kier molecular flexibility index (Phi) is 3.38. The predicted molar refractivity (Wildman–Crippen MR) is 61.9 cm³/mol. The molecule has 82 valence electrons. The second-order valence-electron chi connectivity index (χ2n) is 5.47. The molecule has 0 atom stereocenters. The summed E-state index contributed by atoms with van der Waals surface area (Å²) >= 11 is 6.11. The van der Waals surface area contributed by atoms with Gasteiger partial charge in [-0.1, -0.05) is 19.8 Å². The number of rotatable bonds is 2. The van der Waals surface area contributed by atoms with E-state index in [1.54, 1.807) is 0 Å². The van der Waals surface area contributed by atoms with Crippen LogP contribution in [0.25, 0.3) is 0 Å². The molecule has 0 unspecified atom stereocenters. The first-order valence-corrected chi connectivity index (χ1v) is 6.48. The van der Waals surface area contributed by atoms with Crippen molar-refractivity contribution in [2.75, 3.05) is 19.6 Å². The molecule has 1 heterocycles. The maximum absolute atomic E-state index is 6.11. The quantitative estimate of drug-likeness (QED) is 0.640. The highest BCUT2D eigenvalue weighted by Crippen LogP contribution is 2.38. The summed E-state index contributed by atoms with van der Waals surface area (Å²) in [4.78, 5) is 2.63. The van der Waals surface area contributed by atoms with Gasteiger partial charge in [0.05, 0.1) is 0 Å². The second-order valence-corrected chi connectivity index (χ2v) is 6.09. The Morgan fingerprint density at radius 2 is 1.79 bits per heavy atom. The van der Waals surface area contributed by atoms with Crippen molar-refractivity contribution in [3.05, 3.63) is 0 Å². The Balaban J connectivity index is 1.79. The molecule has 1 aliphatic carbocycles. The lowest BCUT2D eigenvalue weighted by molar-refractivity contribution is 0.146. The van der Waals surface area contributed by atoms with Crippen molar-refractivity contribution in [2.45, 2.75) is 50.8 Å². The summed E-state index contributed by atoms with van der Waals surface area (Å²) in [6, 6.07) is 0. The van der Waals surface area contributed by atoms with Crippen LogP contribution in [0.1, 0.15) is 45.4 Å². The molecular formula is C12H22ClN. The maximum Gasteiger partial charge on any atom is 0.0360 e. The molecule has 14 heavy (non-hydrogen) atoms. The second kappa shape index (κ2) is 4.40. The highest BCUT2D eigenvalue weighted by molar-refractivity contribution is 6.20. The van der Waals surface area contributed by atoms with E-state index >= 15 is 0 Å². The van der Waals surface area contributed by atoms with Gasteiger partial charge in [-0.15, -0.1) is 11.6 Å². The molecule has 1 saturated carbocycles. The average molecular weight is 216 g/mol. The van der Waals surface area contributed by atoms with E-state index in [9.17, 15) is 0 Å². The van der Waals surface area contributed by atoms with E-state index < -0.39 is 0 Å². The van der Waals surface area contributed by atoms with Crippen molar-refractivity contribution in [1.29, 1.82) is 0 Å². The summed E-state index contributed by atoms with van der Waals surface area (Å²) < 4.78 is 0. The van der Waals surface area contributed by atoms with E-state index in [2.05, 4.69) is 11.8 Å². The standard InChI is InChI=1S/C12H22ClN/c1-12(6-2-3-7-12)10-14-8-4-11(13)5-9-14/h11H,2-10H2,1H3. The Morgan fingerprint density at radius 3 is 2.36 bits per heavy atom. The molecule has 2 fully saturated rings. The normalized spacial score (nSPS) is 29.6. The fourth-order valence-electron chi connectivity index (χ4n) is 2.99. The Labute approximate surface area is 92.8 Å². The van der Waals surface area contributed by atoms with Gasteiger partial charge >= 0.3 is 0 Å². The largest absolute Gasteiger partial charge is 0.303 e. The first kappa shape index (κ1) is 10.8. The van der Waals surface area contributed by atoms with Gasteiger partial charge in [0, 0.05) is 11.9 Å². The topological polar surface area (TPSA) is 3.24 Å². The van der Waals surface area contributed by atoms with Gasteiger partial charge < -0.3 is 4.90 Å². The zero-order valence-electron chi connectivity index (χ0n) is 9.27. The molecule has 1 nitrogen and oxygen atoms in total. The molecule has 0 N–H and O–H groups in total. The van der Waals surface area contributed by atoms with Crippen LogP contribution in [0, 0.1) is 5.41 Å². The number of alkyl halides is 1. The van der Waals surface area contributed by atoms with Crippen molar-refractivity contribution in [3.8, 4) is 0 Å². The monoisotopic (exact) mass is 215 g/mol. The zero-order valence-corrected chi connectivity index (χ0v) is 10.0. The van der Waals surface area contributed by atoms with E-state index in [4.69, 9.17) is 11.6 Å². The lowest BCUT2D eigenvalue weighted by atomic mass is 9.87. The van der Waals surface area contributed by atoms with Crippen LogP contribution in [0.3, 0.4) is 0 Å². The highest BCUT2D eigenvalue weighted by atomic mass is 35.5. The number of nitrogens with zero attached hydrogens (tertiary/aromatic N) is 1. The van der Waals surface area contributed by atoms with Gasteiger partial charge in [-0.3, -0.25) is 0 Å². The van der Waals surface area contributed by atoms with Crippen LogP contribution in [0.5, 0.6) is 0 Å². The lowest BCUT2D eigenvalue weighted by Gasteiger charge is -2.36. The molecule has 0 spiro atoms. The number of hydrogen-bond donors (Lipinski definition) is 0. The van der Waals surface area contributed by atoms with Gasteiger partial charge in [-0.2, -0.15) is 0 Å². The molecule has 0 radical (unpaired) electrons. The van der Waals surface area contributed by atoms with Crippen molar-refractivity contribution in [2.24, 2.45) is 5.41 Å². The molecule has 0 aromatic carbocycles. The number of piperidine rings is 1. The summed E-state index contributed by atoms with van der Waals surface area (Å²) in [6.07, 6.45) is 8.15. The van der Waals surface area contributed by atoms with E-state index in [0.29, 0.717) is 10.8 Å². The molecule has 2 aliphatic rings. The molecule has 0 amide bonds. The minimum atomic E-state index is 0.447. The lowest BCUT2D eigenvalue weighted by Crippen LogP contribution is -2.40. The summed E-state index contributed by atoms with van der Waals surface area (Å²) in [5.74, 6) is 0. The summed E-state index contributed by atoms with van der Waals surface area (Å²) in [6.45, 7) is 6.23. The minimum Gasteiger partial charge on any atom is -0.303 e. The van der Waals surface area contributed by atoms with Crippen molar-refractivity contribution < 1.29 is 0 Å². The smallest absolute Gasteiger partial charge is 0.0360 e. The number of hydrogen-bond acceptors (Lipinski definition) is 1. The average Bonchev–Trinajstić information content (AvgIpc) is 2.57.